The van der Waals surface area contributed by atoms with Crippen molar-refractivity contribution < 1.29 is 4.74 Å². The SMILES string of the molecule is [CH2]CCCOCCCCNCCCC. The second-order valence-electron chi connectivity index (χ2n) is 3.63. The molecule has 0 fully saturated rings. The van der Waals surface area contributed by atoms with E-state index in [1.54, 1.807) is 0 Å². The summed E-state index contributed by atoms with van der Waals surface area (Å²) in [6.45, 7) is 10.1. The first-order chi connectivity index (χ1) is 6.91. The van der Waals surface area contributed by atoms with Crippen LogP contribution < -0.4 is 5.32 Å². The Morgan fingerprint density at radius 3 is 2.43 bits per heavy atom. The van der Waals surface area contributed by atoms with E-state index in [0.29, 0.717) is 0 Å². The molecule has 0 bridgehead atoms. The van der Waals surface area contributed by atoms with Gasteiger partial charge in [0.15, 0.2) is 0 Å². The Bertz CT molecular complexity index is 84.3. The molecule has 0 saturated heterocycles. The molecule has 0 aliphatic rings. The van der Waals surface area contributed by atoms with E-state index < -0.39 is 0 Å². The van der Waals surface area contributed by atoms with Gasteiger partial charge in [0.2, 0.25) is 0 Å². The zero-order valence-corrected chi connectivity index (χ0v) is 9.69. The van der Waals surface area contributed by atoms with Crippen LogP contribution in [0.5, 0.6) is 0 Å². The van der Waals surface area contributed by atoms with Crippen LogP contribution in [0.2, 0.25) is 0 Å². The number of nitrogens with one attached hydrogen (secondary N) is 1. The van der Waals surface area contributed by atoms with Gasteiger partial charge in [-0.25, -0.2) is 0 Å². The molecule has 0 aliphatic carbocycles. The molecule has 85 valence electrons. The normalized spacial score (nSPS) is 10.7. The van der Waals surface area contributed by atoms with Gasteiger partial charge in [0.1, 0.15) is 0 Å². The molecule has 0 aromatic rings. The highest BCUT2D eigenvalue weighted by Gasteiger charge is 1.90. The lowest BCUT2D eigenvalue weighted by molar-refractivity contribution is 0.128. The van der Waals surface area contributed by atoms with Gasteiger partial charge in [-0.1, -0.05) is 26.7 Å². The fourth-order valence-electron chi connectivity index (χ4n) is 1.19. The van der Waals surface area contributed by atoms with E-state index in [1.807, 2.05) is 0 Å². The van der Waals surface area contributed by atoms with E-state index in [2.05, 4.69) is 19.2 Å². The monoisotopic (exact) mass is 200 g/mol. The minimum Gasteiger partial charge on any atom is -0.381 e. The molecule has 0 aromatic carbocycles. The third-order valence-corrected chi connectivity index (χ3v) is 2.14. The summed E-state index contributed by atoms with van der Waals surface area (Å²) in [7, 11) is 0. The summed E-state index contributed by atoms with van der Waals surface area (Å²) in [5.74, 6) is 0. The minimum atomic E-state index is 0.882. The fraction of sp³-hybridized carbons (Fsp3) is 0.917. The summed E-state index contributed by atoms with van der Waals surface area (Å²) in [5.41, 5.74) is 0. The molecule has 0 rings (SSSR count). The van der Waals surface area contributed by atoms with Crippen molar-refractivity contribution in [3.8, 4) is 0 Å². The first-order valence-corrected chi connectivity index (χ1v) is 5.99. The molecule has 2 heteroatoms. The molecule has 0 spiro atoms. The third kappa shape index (κ3) is 11.9. The van der Waals surface area contributed by atoms with Gasteiger partial charge in [-0.05, 0) is 38.8 Å². The first-order valence-electron chi connectivity index (χ1n) is 5.99. The van der Waals surface area contributed by atoms with Crippen LogP contribution in [0.1, 0.15) is 45.4 Å². The lowest BCUT2D eigenvalue weighted by Crippen LogP contribution is -2.16. The number of hydrogen-bond acceptors (Lipinski definition) is 2. The largest absolute Gasteiger partial charge is 0.381 e. The standard InChI is InChI=1S/C12H26NO/c1-3-5-9-13-10-7-8-12-14-11-6-4-2/h13H,2-12H2,1H3. The van der Waals surface area contributed by atoms with E-state index in [1.165, 1.54) is 32.2 Å². The van der Waals surface area contributed by atoms with Crippen molar-refractivity contribution in [3.05, 3.63) is 6.92 Å². The van der Waals surface area contributed by atoms with Crippen molar-refractivity contribution in [1.82, 2.24) is 5.32 Å². The Balaban J connectivity index is 2.78. The summed E-state index contributed by atoms with van der Waals surface area (Å²) in [6.07, 6.45) is 7.05. The molecule has 0 atom stereocenters. The molecular formula is C12H26NO. The Morgan fingerprint density at radius 1 is 1.00 bits per heavy atom. The topological polar surface area (TPSA) is 21.3 Å². The third-order valence-electron chi connectivity index (χ3n) is 2.14. The van der Waals surface area contributed by atoms with Crippen molar-refractivity contribution >= 4 is 0 Å². The van der Waals surface area contributed by atoms with Crippen LogP contribution in [-0.2, 0) is 4.74 Å². The van der Waals surface area contributed by atoms with E-state index in [-0.39, 0.29) is 0 Å². The van der Waals surface area contributed by atoms with Crippen molar-refractivity contribution in [2.75, 3.05) is 26.3 Å². The molecule has 0 amide bonds. The van der Waals surface area contributed by atoms with Gasteiger partial charge in [-0.15, -0.1) is 0 Å². The fourth-order valence-corrected chi connectivity index (χ4v) is 1.19. The number of hydrogen-bond donors (Lipinski definition) is 1. The highest BCUT2D eigenvalue weighted by Crippen LogP contribution is 1.92. The maximum Gasteiger partial charge on any atom is 0.0466 e. The number of rotatable bonds is 11. The molecule has 0 saturated carbocycles. The van der Waals surface area contributed by atoms with Crippen LogP contribution in [0, 0.1) is 6.92 Å². The smallest absolute Gasteiger partial charge is 0.0466 e. The Morgan fingerprint density at radius 2 is 1.71 bits per heavy atom. The van der Waals surface area contributed by atoms with E-state index >= 15 is 0 Å². The molecule has 0 aliphatic heterocycles. The second kappa shape index (κ2) is 12.9. The van der Waals surface area contributed by atoms with Crippen LogP contribution in [0.3, 0.4) is 0 Å². The summed E-state index contributed by atoms with van der Waals surface area (Å²) < 4.78 is 5.43. The minimum absolute atomic E-state index is 0.882. The van der Waals surface area contributed by atoms with Gasteiger partial charge in [0, 0.05) is 13.2 Å². The lowest BCUT2D eigenvalue weighted by atomic mass is 10.3. The van der Waals surface area contributed by atoms with Crippen LogP contribution in [-0.4, -0.2) is 26.3 Å². The van der Waals surface area contributed by atoms with Gasteiger partial charge < -0.3 is 10.1 Å². The van der Waals surface area contributed by atoms with Crippen LogP contribution in [0.15, 0.2) is 0 Å². The van der Waals surface area contributed by atoms with Gasteiger partial charge in [-0.2, -0.15) is 0 Å². The Kier molecular flexibility index (Phi) is 12.8. The zero-order chi connectivity index (χ0) is 10.5. The molecule has 2 nitrogen and oxygen atoms in total. The molecule has 0 unspecified atom stereocenters. The molecule has 1 radical (unpaired) electrons. The predicted octanol–water partition coefficient (Wildman–Crippen LogP) is 2.79. The summed E-state index contributed by atoms with van der Waals surface area (Å²) in [4.78, 5) is 0. The Labute approximate surface area is 89.4 Å². The first kappa shape index (κ1) is 13.9. The van der Waals surface area contributed by atoms with E-state index in [4.69, 9.17) is 4.74 Å². The van der Waals surface area contributed by atoms with Crippen LogP contribution in [0.25, 0.3) is 0 Å². The number of ether oxygens (including phenoxy) is 1. The quantitative estimate of drug-likeness (QED) is 0.518. The van der Waals surface area contributed by atoms with Crippen molar-refractivity contribution in [2.45, 2.75) is 45.4 Å². The lowest BCUT2D eigenvalue weighted by Gasteiger charge is -2.04. The van der Waals surface area contributed by atoms with Crippen molar-refractivity contribution in [2.24, 2.45) is 0 Å². The van der Waals surface area contributed by atoms with Crippen LogP contribution >= 0.6 is 0 Å². The molecule has 0 heterocycles. The van der Waals surface area contributed by atoms with Gasteiger partial charge in [0.25, 0.3) is 0 Å². The van der Waals surface area contributed by atoms with Gasteiger partial charge in [-0.3, -0.25) is 0 Å². The highest BCUT2D eigenvalue weighted by atomic mass is 16.5. The summed E-state index contributed by atoms with van der Waals surface area (Å²) >= 11 is 0. The number of unbranched alkanes of at least 4 members (excludes halogenated alkanes) is 3. The van der Waals surface area contributed by atoms with E-state index in [0.717, 1.165) is 32.6 Å². The molecule has 1 N–H and O–H groups in total. The molecule has 0 aromatic heterocycles. The Hall–Kier alpha value is -0.0800. The van der Waals surface area contributed by atoms with E-state index in [9.17, 15) is 0 Å². The maximum absolute atomic E-state index is 5.43. The average molecular weight is 200 g/mol. The summed E-state index contributed by atoms with van der Waals surface area (Å²) in [5, 5.41) is 3.42. The van der Waals surface area contributed by atoms with Gasteiger partial charge in [0.05, 0.1) is 0 Å². The van der Waals surface area contributed by atoms with Gasteiger partial charge >= 0.3 is 0 Å². The highest BCUT2D eigenvalue weighted by molar-refractivity contribution is 4.48. The predicted molar refractivity (Wildman–Crippen MR) is 62.4 cm³/mol. The molecular weight excluding hydrogens is 174 g/mol. The van der Waals surface area contributed by atoms with Crippen LogP contribution in [0.4, 0.5) is 0 Å². The second-order valence-corrected chi connectivity index (χ2v) is 3.63. The zero-order valence-electron chi connectivity index (χ0n) is 9.69. The maximum atomic E-state index is 5.43. The summed E-state index contributed by atoms with van der Waals surface area (Å²) in [6, 6.07) is 0. The van der Waals surface area contributed by atoms with Crippen molar-refractivity contribution in [1.29, 1.82) is 0 Å². The van der Waals surface area contributed by atoms with Crippen molar-refractivity contribution in [3.63, 3.8) is 0 Å². The average Bonchev–Trinajstić information content (AvgIpc) is 2.21. The molecule has 14 heavy (non-hydrogen) atoms.